The third-order valence-corrected chi connectivity index (χ3v) is 1.69. The molecule has 0 radical (unpaired) electrons. The van der Waals surface area contributed by atoms with Gasteiger partial charge in [-0.1, -0.05) is 0 Å². The summed E-state index contributed by atoms with van der Waals surface area (Å²) in [5.74, 6) is -1.27. The minimum atomic E-state index is -4.86. The van der Waals surface area contributed by atoms with E-state index in [1.807, 2.05) is 0 Å². The van der Waals surface area contributed by atoms with E-state index in [2.05, 4.69) is 9.72 Å². The summed E-state index contributed by atoms with van der Waals surface area (Å²) >= 11 is 0. The Morgan fingerprint density at radius 2 is 2.07 bits per heavy atom. The summed E-state index contributed by atoms with van der Waals surface area (Å²) in [5.41, 5.74) is -0.517. The summed E-state index contributed by atoms with van der Waals surface area (Å²) < 4.78 is 51.2. The van der Waals surface area contributed by atoms with E-state index in [9.17, 15) is 22.7 Å². The van der Waals surface area contributed by atoms with Crippen molar-refractivity contribution in [3.63, 3.8) is 0 Å². The zero-order valence-electron chi connectivity index (χ0n) is 7.60. The van der Waals surface area contributed by atoms with Crippen LogP contribution in [0, 0.1) is 6.92 Å². The number of halogens is 4. The molecule has 0 spiro atoms. The molecule has 3 nitrogen and oxygen atoms in total. The number of aromatic hydroxyl groups is 1. The van der Waals surface area contributed by atoms with Gasteiger partial charge in [0, 0.05) is 5.56 Å². The van der Waals surface area contributed by atoms with Crippen LogP contribution in [0.1, 0.15) is 11.3 Å². The van der Waals surface area contributed by atoms with Crippen molar-refractivity contribution in [3.8, 4) is 11.5 Å². The highest BCUT2D eigenvalue weighted by Crippen LogP contribution is 2.32. The summed E-state index contributed by atoms with van der Waals surface area (Å²) in [7, 11) is 0. The highest BCUT2D eigenvalue weighted by atomic mass is 19.4. The van der Waals surface area contributed by atoms with Gasteiger partial charge in [-0.3, -0.25) is 4.98 Å². The predicted molar refractivity (Wildman–Crippen MR) is 42.1 cm³/mol. The molecule has 15 heavy (non-hydrogen) atoms. The van der Waals surface area contributed by atoms with Crippen molar-refractivity contribution in [3.05, 3.63) is 17.5 Å². The Balaban J connectivity index is 3.07. The lowest BCUT2D eigenvalue weighted by atomic mass is 10.2. The summed E-state index contributed by atoms with van der Waals surface area (Å²) in [5, 5.41) is 9.23. The number of ether oxygens (including phenoxy) is 1. The van der Waals surface area contributed by atoms with Crippen LogP contribution in [0.5, 0.6) is 11.5 Å². The van der Waals surface area contributed by atoms with Gasteiger partial charge in [0.1, 0.15) is 18.1 Å². The molecule has 0 amide bonds. The first-order valence-electron chi connectivity index (χ1n) is 3.84. The molecule has 0 unspecified atom stereocenters. The Morgan fingerprint density at radius 3 is 2.53 bits per heavy atom. The van der Waals surface area contributed by atoms with Gasteiger partial charge >= 0.3 is 6.36 Å². The molecule has 0 saturated carbocycles. The average Bonchev–Trinajstić information content (AvgIpc) is 2.11. The van der Waals surface area contributed by atoms with E-state index in [-0.39, 0.29) is 11.3 Å². The van der Waals surface area contributed by atoms with E-state index in [1.165, 1.54) is 6.92 Å². The van der Waals surface area contributed by atoms with E-state index in [1.54, 1.807) is 0 Å². The first kappa shape index (κ1) is 11.5. The number of alkyl halides is 4. The number of rotatable bonds is 2. The van der Waals surface area contributed by atoms with Gasteiger partial charge in [0.05, 0.1) is 6.20 Å². The Labute approximate surface area is 82.3 Å². The van der Waals surface area contributed by atoms with Crippen molar-refractivity contribution in [1.82, 2.24) is 4.98 Å². The minimum Gasteiger partial charge on any atom is -0.506 e. The van der Waals surface area contributed by atoms with Crippen molar-refractivity contribution in [2.45, 2.75) is 20.0 Å². The standard InChI is InChI=1S/C8H7F4NO2/c1-4-6(15-8(10,11)12)3-13-5(2-9)7(4)14/h3,14H,2H2,1H3. The highest BCUT2D eigenvalue weighted by Gasteiger charge is 2.32. The van der Waals surface area contributed by atoms with E-state index in [0.29, 0.717) is 0 Å². The molecule has 0 bridgehead atoms. The van der Waals surface area contributed by atoms with Crippen LogP contribution in [-0.2, 0) is 6.67 Å². The molecule has 0 aliphatic rings. The van der Waals surface area contributed by atoms with E-state index in [0.717, 1.165) is 6.20 Å². The van der Waals surface area contributed by atoms with Gasteiger partial charge in [0.15, 0.2) is 5.75 Å². The van der Waals surface area contributed by atoms with Crippen LogP contribution in [0.25, 0.3) is 0 Å². The molecule has 0 atom stereocenters. The SMILES string of the molecule is Cc1c(OC(F)(F)F)cnc(CF)c1O. The van der Waals surface area contributed by atoms with Crippen LogP contribution >= 0.6 is 0 Å². The molecule has 1 N–H and O–H groups in total. The monoisotopic (exact) mass is 225 g/mol. The average molecular weight is 225 g/mol. The summed E-state index contributed by atoms with van der Waals surface area (Å²) in [4.78, 5) is 3.29. The fourth-order valence-electron chi connectivity index (χ4n) is 0.953. The Kier molecular flexibility index (Phi) is 3.01. The maximum absolute atomic E-state index is 12.2. The van der Waals surface area contributed by atoms with Gasteiger partial charge in [-0.15, -0.1) is 13.2 Å². The van der Waals surface area contributed by atoms with Crippen molar-refractivity contribution in [2.75, 3.05) is 0 Å². The molecule has 0 aromatic carbocycles. The maximum atomic E-state index is 12.2. The topological polar surface area (TPSA) is 42.4 Å². The van der Waals surface area contributed by atoms with Gasteiger partial charge in [0.25, 0.3) is 0 Å². The summed E-state index contributed by atoms with van der Waals surface area (Å²) in [6.07, 6.45) is -4.15. The molecule has 1 aromatic rings. The highest BCUT2D eigenvalue weighted by molar-refractivity contribution is 5.43. The van der Waals surface area contributed by atoms with Crippen molar-refractivity contribution >= 4 is 0 Å². The number of hydrogen-bond acceptors (Lipinski definition) is 3. The van der Waals surface area contributed by atoms with Crippen LogP contribution in [-0.4, -0.2) is 16.5 Å². The summed E-state index contributed by atoms with van der Waals surface area (Å²) in [6.45, 7) is 0.121. The molecular weight excluding hydrogens is 218 g/mol. The molecule has 1 rings (SSSR count). The second kappa shape index (κ2) is 3.92. The van der Waals surface area contributed by atoms with Crippen molar-refractivity contribution < 1.29 is 27.4 Å². The molecule has 84 valence electrons. The van der Waals surface area contributed by atoms with Crippen molar-refractivity contribution in [1.29, 1.82) is 0 Å². The fourth-order valence-corrected chi connectivity index (χ4v) is 0.953. The molecule has 7 heteroatoms. The van der Waals surface area contributed by atoms with Crippen LogP contribution < -0.4 is 4.74 Å². The van der Waals surface area contributed by atoms with E-state index >= 15 is 0 Å². The lowest BCUT2D eigenvalue weighted by Crippen LogP contribution is -2.18. The fraction of sp³-hybridized carbons (Fsp3) is 0.375. The molecule has 1 heterocycles. The van der Waals surface area contributed by atoms with Crippen LogP contribution in [0.3, 0.4) is 0 Å². The van der Waals surface area contributed by atoms with Gasteiger partial charge < -0.3 is 9.84 Å². The molecular formula is C8H7F4NO2. The molecule has 0 aliphatic heterocycles. The quantitative estimate of drug-likeness (QED) is 0.786. The van der Waals surface area contributed by atoms with Gasteiger partial charge in [-0.2, -0.15) is 0 Å². The van der Waals surface area contributed by atoms with Gasteiger partial charge in [-0.05, 0) is 6.92 Å². The lowest BCUT2D eigenvalue weighted by molar-refractivity contribution is -0.275. The Morgan fingerprint density at radius 1 is 1.47 bits per heavy atom. The molecule has 0 aliphatic carbocycles. The number of pyridine rings is 1. The Bertz CT molecular complexity index is 364. The Hall–Kier alpha value is -1.53. The van der Waals surface area contributed by atoms with Crippen LogP contribution in [0.2, 0.25) is 0 Å². The number of hydrogen-bond donors (Lipinski definition) is 1. The predicted octanol–water partition coefficient (Wildman–Crippen LogP) is 2.46. The van der Waals surface area contributed by atoms with E-state index < -0.39 is 24.5 Å². The lowest BCUT2D eigenvalue weighted by Gasteiger charge is -2.12. The molecule has 0 fully saturated rings. The minimum absolute atomic E-state index is 0.199. The third kappa shape index (κ3) is 2.71. The van der Waals surface area contributed by atoms with E-state index in [4.69, 9.17) is 0 Å². The second-order valence-electron chi connectivity index (χ2n) is 2.72. The van der Waals surface area contributed by atoms with Crippen LogP contribution in [0.4, 0.5) is 17.6 Å². The zero-order valence-corrected chi connectivity index (χ0v) is 7.60. The third-order valence-electron chi connectivity index (χ3n) is 1.69. The normalized spacial score (nSPS) is 11.5. The van der Waals surface area contributed by atoms with Gasteiger partial charge in [0.2, 0.25) is 0 Å². The molecule has 1 aromatic heterocycles. The number of aromatic nitrogens is 1. The number of nitrogens with zero attached hydrogens (tertiary/aromatic N) is 1. The zero-order chi connectivity index (χ0) is 11.6. The van der Waals surface area contributed by atoms with Gasteiger partial charge in [-0.25, -0.2) is 4.39 Å². The van der Waals surface area contributed by atoms with Crippen molar-refractivity contribution in [2.24, 2.45) is 0 Å². The maximum Gasteiger partial charge on any atom is 0.573 e. The first-order chi connectivity index (χ1) is 6.85. The summed E-state index contributed by atoms with van der Waals surface area (Å²) in [6, 6.07) is 0. The first-order valence-corrected chi connectivity index (χ1v) is 3.84. The van der Waals surface area contributed by atoms with Crippen LogP contribution in [0.15, 0.2) is 6.20 Å². The largest absolute Gasteiger partial charge is 0.573 e. The molecule has 0 saturated heterocycles. The smallest absolute Gasteiger partial charge is 0.506 e. The second-order valence-corrected chi connectivity index (χ2v) is 2.72.